The Kier molecular flexibility index (Phi) is 3.54. The van der Waals surface area contributed by atoms with Crippen LogP contribution in [-0.4, -0.2) is 58.7 Å². The third-order valence-electron chi connectivity index (χ3n) is 3.79. The van der Waals surface area contributed by atoms with Crippen molar-refractivity contribution in [2.45, 2.75) is 0 Å². The molecule has 1 saturated heterocycles. The molecule has 0 aliphatic carbocycles. The number of amides is 2. The minimum absolute atomic E-state index is 0.156. The highest BCUT2D eigenvalue weighted by molar-refractivity contribution is 6.30. The number of nitrogens with one attached hydrogen (secondary N) is 1. The number of para-hydroxylation sites is 1. The average Bonchev–Trinajstić information content (AvgIpc) is 2.97. The van der Waals surface area contributed by atoms with E-state index in [0.29, 0.717) is 18.8 Å². The molecule has 1 aromatic heterocycles. The summed E-state index contributed by atoms with van der Waals surface area (Å²) in [6.07, 6.45) is 0. The lowest BCUT2D eigenvalue weighted by molar-refractivity contribution is -0.301. The Labute approximate surface area is 126 Å². The van der Waals surface area contributed by atoms with Crippen molar-refractivity contribution in [3.8, 4) is 0 Å². The molecule has 2 heterocycles. The molecule has 0 atom stereocenters. The van der Waals surface area contributed by atoms with Crippen LogP contribution in [0.25, 0.3) is 10.9 Å². The normalized spacial score (nSPS) is 15.1. The van der Waals surface area contributed by atoms with E-state index in [1.165, 1.54) is 4.90 Å². The van der Waals surface area contributed by atoms with E-state index in [-0.39, 0.29) is 19.0 Å². The smallest absolute Gasteiger partial charge is 0.270 e. The van der Waals surface area contributed by atoms with Gasteiger partial charge in [-0.2, -0.15) is 0 Å². The topological polar surface area (TPSA) is 96.5 Å². The highest BCUT2D eigenvalue weighted by atomic mass is 16.4. The molecule has 0 saturated carbocycles. The monoisotopic (exact) mass is 300 g/mol. The summed E-state index contributed by atoms with van der Waals surface area (Å²) >= 11 is 0. The fraction of sp³-hybridized carbons (Fsp3) is 0.267. The molecule has 114 valence electrons. The van der Waals surface area contributed by atoms with Crippen LogP contribution in [0, 0.1) is 0 Å². The number of aromatic amines is 1. The van der Waals surface area contributed by atoms with Gasteiger partial charge in [0.05, 0.1) is 0 Å². The standard InChI is InChI=1S/C15H15N3O4/c19-13(12-9-10-3-1-2-4-11(10)16-12)17-5-7-18(8-6-17)14(20)15(21)22/h1-4,9,16H,5-8H2,(H,21,22)/p-1. The number of nitrogens with zero attached hydrogens (tertiary/aromatic N) is 2. The number of carboxylic acids is 1. The third kappa shape index (κ3) is 2.52. The van der Waals surface area contributed by atoms with Gasteiger partial charge in [-0.25, -0.2) is 0 Å². The Bertz CT molecular complexity index is 711. The summed E-state index contributed by atoms with van der Waals surface area (Å²) in [4.78, 5) is 40.2. The van der Waals surface area contributed by atoms with E-state index in [1.54, 1.807) is 11.0 Å². The van der Waals surface area contributed by atoms with Gasteiger partial charge in [0, 0.05) is 37.1 Å². The first kappa shape index (κ1) is 14.1. The van der Waals surface area contributed by atoms with Gasteiger partial charge in [-0.05, 0) is 12.1 Å². The number of carbonyl (C=O) groups is 3. The van der Waals surface area contributed by atoms with Gasteiger partial charge in [-0.1, -0.05) is 18.2 Å². The number of hydrogen-bond acceptors (Lipinski definition) is 4. The molecule has 22 heavy (non-hydrogen) atoms. The van der Waals surface area contributed by atoms with Crippen molar-refractivity contribution in [1.29, 1.82) is 0 Å². The molecule has 3 rings (SSSR count). The highest BCUT2D eigenvalue weighted by Gasteiger charge is 2.25. The molecule has 1 fully saturated rings. The zero-order chi connectivity index (χ0) is 15.7. The minimum Gasteiger partial charge on any atom is -0.540 e. The maximum Gasteiger partial charge on any atom is 0.270 e. The molecule has 0 spiro atoms. The number of hydrogen-bond donors (Lipinski definition) is 1. The number of carbonyl (C=O) groups excluding carboxylic acids is 3. The van der Waals surface area contributed by atoms with Crippen LogP contribution >= 0.6 is 0 Å². The van der Waals surface area contributed by atoms with Crippen molar-refractivity contribution < 1.29 is 19.5 Å². The molecule has 0 radical (unpaired) electrons. The highest BCUT2D eigenvalue weighted by Crippen LogP contribution is 2.16. The molecule has 0 unspecified atom stereocenters. The fourth-order valence-corrected chi connectivity index (χ4v) is 2.60. The van der Waals surface area contributed by atoms with Crippen LogP contribution in [0.1, 0.15) is 10.5 Å². The van der Waals surface area contributed by atoms with Crippen molar-refractivity contribution in [1.82, 2.24) is 14.8 Å². The quantitative estimate of drug-likeness (QED) is 0.697. The number of carboxylic acid groups (broad SMARTS) is 1. The maximum absolute atomic E-state index is 12.4. The van der Waals surface area contributed by atoms with E-state index in [0.717, 1.165) is 10.9 Å². The zero-order valence-corrected chi connectivity index (χ0v) is 11.7. The molecular weight excluding hydrogens is 286 g/mol. The first-order valence-electron chi connectivity index (χ1n) is 6.93. The molecule has 1 aliphatic rings. The van der Waals surface area contributed by atoms with E-state index in [1.807, 2.05) is 24.3 Å². The van der Waals surface area contributed by atoms with Gasteiger partial charge in [0.2, 0.25) is 0 Å². The Morgan fingerprint density at radius 3 is 2.27 bits per heavy atom. The van der Waals surface area contributed by atoms with Crippen LogP contribution in [0.3, 0.4) is 0 Å². The van der Waals surface area contributed by atoms with Gasteiger partial charge in [-0.15, -0.1) is 0 Å². The summed E-state index contributed by atoms with van der Waals surface area (Å²) in [5, 5.41) is 11.5. The summed E-state index contributed by atoms with van der Waals surface area (Å²) in [6.45, 7) is 0.984. The molecule has 7 nitrogen and oxygen atoms in total. The summed E-state index contributed by atoms with van der Waals surface area (Å²) in [6, 6.07) is 9.38. The fourth-order valence-electron chi connectivity index (χ4n) is 2.60. The van der Waals surface area contributed by atoms with Crippen LogP contribution in [0.5, 0.6) is 0 Å². The second-order valence-electron chi connectivity index (χ2n) is 5.14. The summed E-state index contributed by atoms with van der Waals surface area (Å²) in [5.74, 6) is -2.90. The van der Waals surface area contributed by atoms with E-state index in [4.69, 9.17) is 0 Å². The summed E-state index contributed by atoms with van der Waals surface area (Å²) < 4.78 is 0. The largest absolute Gasteiger partial charge is 0.540 e. The number of rotatable bonds is 1. The van der Waals surface area contributed by atoms with Crippen molar-refractivity contribution in [3.05, 3.63) is 36.0 Å². The Balaban J connectivity index is 1.69. The van der Waals surface area contributed by atoms with Gasteiger partial charge in [-0.3, -0.25) is 9.59 Å². The first-order valence-corrected chi connectivity index (χ1v) is 6.93. The molecule has 0 bridgehead atoms. The molecule has 7 heteroatoms. The van der Waals surface area contributed by atoms with E-state index in [9.17, 15) is 19.5 Å². The van der Waals surface area contributed by atoms with E-state index >= 15 is 0 Å². The third-order valence-corrected chi connectivity index (χ3v) is 3.79. The molecule has 2 amide bonds. The minimum atomic E-state index is -1.71. The van der Waals surface area contributed by atoms with E-state index < -0.39 is 11.9 Å². The second kappa shape index (κ2) is 5.51. The lowest BCUT2D eigenvalue weighted by Gasteiger charge is -2.34. The molecule has 1 aliphatic heterocycles. The van der Waals surface area contributed by atoms with Crippen molar-refractivity contribution in [2.24, 2.45) is 0 Å². The first-order chi connectivity index (χ1) is 10.6. The maximum atomic E-state index is 12.4. The predicted octanol–water partition coefficient (Wildman–Crippen LogP) is -0.798. The Hall–Kier alpha value is -2.83. The van der Waals surface area contributed by atoms with Crippen LogP contribution in [0.4, 0.5) is 0 Å². The van der Waals surface area contributed by atoms with Crippen LogP contribution < -0.4 is 5.11 Å². The number of aliphatic carboxylic acids is 1. The van der Waals surface area contributed by atoms with Gasteiger partial charge in [0.25, 0.3) is 11.8 Å². The van der Waals surface area contributed by atoms with Gasteiger partial charge >= 0.3 is 0 Å². The molecular formula is C15H14N3O4-. The number of H-pyrrole nitrogens is 1. The summed E-state index contributed by atoms with van der Waals surface area (Å²) in [7, 11) is 0. The molecule has 1 aromatic carbocycles. The van der Waals surface area contributed by atoms with Crippen molar-refractivity contribution in [3.63, 3.8) is 0 Å². The van der Waals surface area contributed by atoms with Crippen LogP contribution in [0.15, 0.2) is 30.3 Å². The second-order valence-corrected chi connectivity index (χ2v) is 5.14. The molecule has 1 N–H and O–H groups in total. The predicted molar refractivity (Wildman–Crippen MR) is 75.8 cm³/mol. The van der Waals surface area contributed by atoms with Gasteiger partial charge in [0.1, 0.15) is 11.7 Å². The van der Waals surface area contributed by atoms with E-state index in [2.05, 4.69) is 4.98 Å². The van der Waals surface area contributed by atoms with Gasteiger partial charge < -0.3 is 24.7 Å². The van der Waals surface area contributed by atoms with Crippen molar-refractivity contribution in [2.75, 3.05) is 26.2 Å². The van der Waals surface area contributed by atoms with Crippen LogP contribution in [-0.2, 0) is 9.59 Å². The molecule has 2 aromatic rings. The lowest BCUT2D eigenvalue weighted by Crippen LogP contribution is -2.54. The Morgan fingerprint density at radius 2 is 1.64 bits per heavy atom. The number of aromatic nitrogens is 1. The number of benzene rings is 1. The SMILES string of the molecule is O=C([O-])C(=O)N1CCN(C(=O)c2cc3ccccc3[nH]2)CC1. The lowest BCUT2D eigenvalue weighted by atomic mass is 10.2. The van der Waals surface area contributed by atoms with Crippen LogP contribution in [0.2, 0.25) is 0 Å². The zero-order valence-electron chi connectivity index (χ0n) is 11.7. The summed E-state index contributed by atoms with van der Waals surface area (Å²) in [5.41, 5.74) is 1.37. The van der Waals surface area contributed by atoms with Crippen molar-refractivity contribution >= 4 is 28.7 Å². The number of fused-ring (bicyclic) bond motifs is 1. The van der Waals surface area contributed by atoms with Gasteiger partial charge in [0.15, 0.2) is 0 Å². The number of piperazine rings is 1. The average molecular weight is 300 g/mol. The Morgan fingerprint density at radius 1 is 1.00 bits per heavy atom.